The van der Waals surface area contributed by atoms with Gasteiger partial charge in [-0.25, -0.2) is 13.6 Å². The van der Waals surface area contributed by atoms with E-state index in [1.54, 1.807) is 19.1 Å². The molecule has 0 radical (unpaired) electrons. The molecule has 118 valence electrons. The Kier molecular flexibility index (Phi) is 4.37. The van der Waals surface area contributed by atoms with Crippen LogP contribution in [0.25, 0.3) is 0 Å². The second-order valence-corrected chi connectivity index (χ2v) is 5.63. The number of rotatable bonds is 6. The minimum Gasteiger partial charge on any atom is -0.495 e. The monoisotopic (exact) mass is 302 g/mol. The second kappa shape index (κ2) is 5.75. The van der Waals surface area contributed by atoms with Gasteiger partial charge in [0.2, 0.25) is 0 Å². The van der Waals surface area contributed by atoms with Crippen LogP contribution in [0.2, 0.25) is 0 Å². The molecule has 0 aromatic rings. The standard InChI is InChI=1S/C15H20F2O4/c1-14(20-3)8-10(13(18)19-2)4-5-12(14)21-7-6-11-9-15(11,16)17/h4-5,11H,6-9H2,1-3H3. The zero-order chi connectivity index (χ0) is 15.7. The molecule has 2 aliphatic carbocycles. The molecular weight excluding hydrogens is 282 g/mol. The summed E-state index contributed by atoms with van der Waals surface area (Å²) >= 11 is 0. The lowest BCUT2D eigenvalue weighted by Gasteiger charge is -2.33. The van der Waals surface area contributed by atoms with Crippen LogP contribution in [0.1, 0.15) is 26.2 Å². The van der Waals surface area contributed by atoms with Crippen LogP contribution in [0.5, 0.6) is 0 Å². The van der Waals surface area contributed by atoms with Crippen molar-refractivity contribution in [2.45, 2.75) is 37.7 Å². The fourth-order valence-electron chi connectivity index (χ4n) is 2.40. The summed E-state index contributed by atoms with van der Waals surface area (Å²) in [5.74, 6) is -2.96. The molecule has 2 unspecified atom stereocenters. The van der Waals surface area contributed by atoms with Crippen LogP contribution in [-0.2, 0) is 19.0 Å². The predicted octanol–water partition coefficient (Wildman–Crippen LogP) is 2.84. The number of hydrogen-bond donors (Lipinski definition) is 0. The first-order valence-electron chi connectivity index (χ1n) is 6.88. The summed E-state index contributed by atoms with van der Waals surface area (Å²) in [6, 6.07) is 0. The summed E-state index contributed by atoms with van der Waals surface area (Å²) in [4.78, 5) is 11.6. The lowest BCUT2D eigenvalue weighted by molar-refractivity contribution is -0.137. The molecule has 1 saturated carbocycles. The maximum absolute atomic E-state index is 12.8. The predicted molar refractivity (Wildman–Crippen MR) is 71.8 cm³/mol. The van der Waals surface area contributed by atoms with E-state index < -0.39 is 23.4 Å². The number of allylic oxidation sites excluding steroid dienone is 2. The van der Waals surface area contributed by atoms with E-state index in [1.165, 1.54) is 14.2 Å². The van der Waals surface area contributed by atoms with E-state index in [1.807, 2.05) is 0 Å². The molecular formula is C15H20F2O4. The number of hydrogen-bond acceptors (Lipinski definition) is 4. The number of carbonyl (C=O) groups is 1. The summed E-state index contributed by atoms with van der Waals surface area (Å²) in [5.41, 5.74) is -0.299. The van der Waals surface area contributed by atoms with Crippen LogP contribution in [0.3, 0.4) is 0 Å². The smallest absolute Gasteiger partial charge is 0.333 e. The molecule has 2 aliphatic rings. The van der Waals surface area contributed by atoms with E-state index in [0.717, 1.165) is 0 Å². The Morgan fingerprint density at radius 1 is 1.38 bits per heavy atom. The summed E-state index contributed by atoms with van der Waals surface area (Å²) < 4.78 is 41.3. The molecule has 4 nitrogen and oxygen atoms in total. The highest BCUT2D eigenvalue weighted by atomic mass is 19.3. The van der Waals surface area contributed by atoms with Crippen molar-refractivity contribution in [2.24, 2.45) is 5.92 Å². The Morgan fingerprint density at radius 2 is 2.05 bits per heavy atom. The van der Waals surface area contributed by atoms with Crippen LogP contribution in [0.4, 0.5) is 8.78 Å². The van der Waals surface area contributed by atoms with Gasteiger partial charge in [-0.05, 0) is 25.5 Å². The summed E-state index contributed by atoms with van der Waals surface area (Å²) in [5, 5.41) is 0. The SMILES string of the molecule is COC(=O)C1=CC=C(OCCC2CC2(F)F)C(C)(OC)C1. The quantitative estimate of drug-likeness (QED) is 0.708. The van der Waals surface area contributed by atoms with Gasteiger partial charge in [0.25, 0.3) is 5.92 Å². The van der Waals surface area contributed by atoms with Gasteiger partial charge in [-0.1, -0.05) is 0 Å². The molecule has 0 saturated heterocycles. The molecule has 0 aromatic heterocycles. The number of ether oxygens (including phenoxy) is 3. The first-order valence-corrected chi connectivity index (χ1v) is 6.88. The number of halogens is 2. The highest BCUT2D eigenvalue weighted by molar-refractivity contribution is 5.89. The zero-order valence-electron chi connectivity index (χ0n) is 12.4. The third kappa shape index (κ3) is 3.43. The summed E-state index contributed by atoms with van der Waals surface area (Å²) in [6.45, 7) is 2.01. The molecule has 0 N–H and O–H groups in total. The van der Waals surface area contributed by atoms with Crippen LogP contribution in [-0.4, -0.2) is 38.3 Å². The number of alkyl halides is 2. The number of methoxy groups -OCH3 is 2. The van der Waals surface area contributed by atoms with E-state index >= 15 is 0 Å². The molecule has 2 rings (SSSR count). The Balaban J connectivity index is 1.97. The molecule has 0 aliphatic heterocycles. The molecule has 6 heteroatoms. The van der Waals surface area contributed by atoms with Crippen molar-refractivity contribution in [3.05, 3.63) is 23.5 Å². The molecule has 0 aromatic carbocycles. The van der Waals surface area contributed by atoms with Crippen molar-refractivity contribution in [1.29, 1.82) is 0 Å². The van der Waals surface area contributed by atoms with Crippen molar-refractivity contribution >= 4 is 5.97 Å². The minimum atomic E-state index is -2.52. The van der Waals surface area contributed by atoms with Crippen LogP contribution in [0.15, 0.2) is 23.5 Å². The number of carbonyl (C=O) groups excluding carboxylic acids is 1. The largest absolute Gasteiger partial charge is 0.495 e. The molecule has 2 atom stereocenters. The summed E-state index contributed by atoms with van der Waals surface area (Å²) in [6.07, 6.45) is 3.85. The van der Waals surface area contributed by atoms with Crippen LogP contribution in [0, 0.1) is 5.92 Å². The normalized spacial score (nSPS) is 30.2. The van der Waals surface area contributed by atoms with Crippen LogP contribution >= 0.6 is 0 Å². The van der Waals surface area contributed by atoms with E-state index in [9.17, 15) is 13.6 Å². The van der Waals surface area contributed by atoms with Gasteiger partial charge in [-0.2, -0.15) is 0 Å². The van der Waals surface area contributed by atoms with E-state index in [-0.39, 0.29) is 13.0 Å². The van der Waals surface area contributed by atoms with Gasteiger partial charge in [0.05, 0.1) is 13.7 Å². The topological polar surface area (TPSA) is 44.8 Å². The molecule has 0 spiro atoms. The Hall–Kier alpha value is -1.43. The van der Waals surface area contributed by atoms with Crippen molar-refractivity contribution in [3.8, 4) is 0 Å². The fraction of sp³-hybridized carbons (Fsp3) is 0.667. The van der Waals surface area contributed by atoms with E-state index in [4.69, 9.17) is 14.2 Å². The Morgan fingerprint density at radius 3 is 2.57 bits per heavy atom. The molecule has 0 amide bonds. The molecule has 0 heterocycles. The maximum atomic E-state index is 12.8. The highest BCUT2D eigenvalue weighted by Crippen LogP contribution is 2.50. The van der Waals surface area contributed by atoms with Gasteiger partial charge >= 0.3 is 5.97 Å². The van der Waals surface area contributed by atoms with Gasteiger partial charge < -0.3 is 14.2 Å². The fourth-order valence-corrected chi connectivity index (χ4v) is 2.40. The van der Waals surface area contributed by atoms with Gasteiger partial charge in [0.1, 0.15) is 11.4 Å². The summed E-state index contributed by atoms with van der Waals surface area (Å²) in [7, 11) is 2.84. The zero-order valence-corrected chi connectivity index (χ0v) is 12.4. The maximum Gasteiger partial charge on any atom is 0.333 e. The van der Waals surface area contributed by atoms with Crippen molar-refractivity contribution < 1.29 is 27.8 Å². The lowest BCUT2D eigenvalue weighted by atomic mass is 9.89. The first kappa shape index (κ1) is 15.9. The second-order valence-electron chi connectivity index (χ2n) is 5.63. The third-order valence-corrected chi connectivity index (χ3v) is 4.06. The first-order chi connectivity index (χ1) is 9.82. The molecule has 21 heavy (non-hydrogen) atoms. The number of esters is 1. The average molecular weight is 302 g/mol. The van der Waals surface area contributed by atoms with Crippen molar-refractivity contribution in [1.82, 2.24) is 0 Å². The average Bonchev–Trinajstić information content (AvgIpc) is 3.07. The van der Waals surface area contributed by atoms with Crippen LogP contribution < -0.4 is 0 Å². The molecule has 1 fully saturated rings. The van der Waals surface area contributed by atoms with Gasteiger partial charge in [-0.15, -0.1) is 0 Å². The van der Waals surface area contributed by atoms with Gasteiger partial charge in [0, 0.05) is 31.4 Å². The lowest BCUT2D eigenvalue weighted by Crippen LogP contribution is -2.35. The third-order valence-electron chi connectivity index (χ3n) is 4.06. The Labute approximate surface area is 122 Å². The van der Waals surface area contributed by atoms with Crippen molar-refractivity contribution in [3.63, 3.8) is 0 Å². The molecule has 0 bridgehead atoms. The van der Waals surface area contributed by atoms with Crippen molar-refractivity contribution in [2.75, 3.05) is 20.8 Å². The highest BCUT2D eigenvalue weighted by Gasteiger charge is 2.56. The van der Waals surface area contributed by atoms with Gasteiger partial charge in [0.15, 0.2) is 0 Å². The van der Waals surface area contributed by atoms with E-state index in [0.29, 0.717) is 24.2 Å². The minimum absolute atomic E-state index is 0.0522. The van der Waals surface area contributed by atoms with Gasteiger partial charge in [-0.3, -0.25) is 0 Å². The Bertz CT molecular complexity index is 484. The van der Waals surface area contributed by atoms with E-state index in [2.05, 4.69) is 0 Å².